The number of alkyl halides is 1. The Kier molecular flexibility index (Phi) is 5.24. The van der Waals surface area contributed by atoms with Crippen LogP contribution in [0.1, 0.15) is 47.5 Å². The number of nitrogens with zero attached hydrogens (tertiary/aromatic N) is 7. The van der Waals surface area contributed by atoms with Crippen LogP contribution in [0.5, 0.6) is 0 Å². The molecule has 4 heterocycles. The molecule has 4 aromatic rings. The van der Waals surface area contributed by atoms with Gasteiger partial charge in [0, 0.05) is 37.7 Å². The molecule has 1 fully saturated rings. The van der Waals surface area contributed by atoms with E-state index in [-0.39, 0.29) is 23.4 Å². The highest BCUT2D eigenvalue weighted by atomic mass is 19.1. The van der Waals surface area contributed by atoms with Crippen molar-refractivity contribution in [3.8, 4) is 5.82 Å². The fraction of sp³-hybridized carbons (Fsp3) is 0.364. The Balaban J connectivity index is 1.65. The van der Waals surface area contributed by atoms with Crippen LogP contribution >= 0.6 is 0 Å². The van der Waals surface area contributed by atoms with Crippen molar-refractivity contribution in [2.24, 2.45) is 0 Å². The largest absolute Gasteiger partial charge is 0.377 e. The van der Waals surface area contributed by atoms with E-state index < -0.39 is 11.8 Å². The van der Waals surface area contributed by atoms with E-state index in [1.54, 1.807) is 43.0 Å². The van der Waals surface area contributed by atoms with Crippen molar-refractivity contribution in [2.75, 3.05) is 18.8 Å². The molecule has 3 N–H and O–H groups in total. The van der Waals surface area contributed by atoms with Crippen LogP contribution in [0, 0.1) is 6.92 Å². The number of hydrogen-bond acceptors (Lipinski definition) is 9. The van der Waals surface area contributed by atoms with Gasteiger partial charge in [0.05, 0.1) is 5.52 Å². The lowest BCUT2D eigenvalue weighted by molar-refractivity contribution is 0.0662. The average molecular weight is 466 g/mol. The number of amides is 1. The fourth-order valence-corrected chi connectivity index (χ4v) is 4.06. The van der Waals surface area contributed by atoms with Gasteiger partial charge in [0.25, 0.3) is 5.91 Å². The first-order valence-electron chi connectivity index (χ1n) is 10.8. The van der Waals surface area contributed by atoms with Crippen molar-refractivity contribution in [2.45, 2.75) is 38.5 Å². The van der Waals surface area contributed by atoms with E-state index in [0.29, 0.717) is 54.1 Å². The number of aromatic nitrogens is 6. The predicted octanol–water partition coefficient (Wildman–Crippen LogP) is 1.92. The number of nitrogen functional groups attached to an aromatic ring is 1. The van der Waals surface area contributed by atoms with Crippen LogP contribution in [-0.4, -0.2) is 65.1 Å². The molecule has 1 aromatic carbocycles. The van der Waals surface area contributed by atoms with Crippen LogP contribution in [0.15, 0.2) is 35.0 Å². The molecule has 34 heavy (non-hydrogen) atoms. The molecule has 0 spiro atoms. The van der Waals surface area contributed by atoms with E-state index >= 15 is 0 Å². The first-order chi connectivity index (χ1) is 16.2. The first-order valence-corrected chi connectivity index (χ1v) is 10.8. The van der Waals surface area contributed by atoms with Crippen LogP contribution in [0.4, 0.5) is 10.3 Å². The molecule has 0 aliphatic carbocycles. The van der Waals surface area contributed by atoms with Crippen molar-refractivity contribution in [1.29, 1.82) is 0 Å². The minimum Gasteiger partial charge on any atom is -0.377 e. The molecular weight excluding hydrogens is 443 g/mol. The third kappa shape index (κ3) is 3.75. The van der Waals surface area contributed by atoms with Gasteiger partial charge in [-0.1, -0.05) is 11.2 Å². The van der Waals surface area contributed by atoms with Gasteiger partial charge in [0.2, 0.25) is 17.7 Å². The smallest absolute Gasteiger partial charge is 0.275 e. The number of likely N-dealkylation sites (tertiary alicyclic amines) is 1. The summed E-state index contributed by atoms with van der Waals surface area (Å²) in [5, 5.41) is 20.2. The number of aryl methyl sites for hydroxylation is 1. The summed E-state index contributed by atoms with van der Waals surface area (Å²) in [6, 6.07) is 6.68. The Labute approximate surface area is 193 Å². The molecule has 1 saturated heterocycles. The van der Waals surface area contributed by atoms with E-state index in [4.69, 9.17) is 10.3 Å². The topological polar surface area (TPSA) is 149 Å². The quantitative estimate of drug-likeness (QED) is 0.460. The highest BCUT2D eigenvalue weighted by Gasteiger charge is 2.33. The van der Waals surface area contributed by atoms with E-state index in [0.717, 1.165) is 0 Å². The van der Waals surface area contributed by atoms with Gasteiger partial charge < -0.3 is 20.3 Å². The summed E-state index contributed by atoms with van der Waals surface area (Å²) in [4.78, 5) is 27.2. The second kappa shape index (κ2) is 8.13. The van der Waals surface area contributed by atoms with Crippen molar-refractivity contribution < 1.29 is 18.8 Å². The summed E-state index contributed by atoms with van der Waals surface area (Å²) in [5.74, 6) is 0.525. The summed E-state index contributed by atoms with van der Waals surface area (Å²) < 4.78 is 20.1. The summed E-state index contributed by atoms with van der Waals surface area (Å²) in [7, 11) is 0. The van der Waals surface area contributed by atoms with E-state index in [1.807, 2.05) is 0 Å². The maximum Gasteiger partial charge on any atom is 0.275 e. The van der Waals surface area contributed by atoms with Gasteiger partial charge in [-0.25, -0.2) is 14.1 Å². The lowest BCUT2D eigenvalue weighted by Gasteiger charge is -2.28. The molecule has 0 saturated carbocycles. The number of halogens is 1. The fourth-order valence-electron chi connectivity index (χ4n) is 4.06. The molecule has 3 aromatic heterocycles. The third-order valence-electron chi connectivity index (χ3n) is 6.00. The number of nitrogens with two attached hydrogens (primary N) is 1. The summed E-state index contributed by atoms with van der Waals surface area (Å²) in [5.41, 5.74) is 5.38. The molecule has 1 amide bonds. The number of carbonyl (C=O) groups is 1. The van der Waals surface area contributed by atoms with Crippen LogP contribution in [0.2, 0.25) is 0 Å². The van der Waals surface area contributed by atoms with E-state index in [9.17, 15) is 14.3 Å². The molecular formula is C22H23FN8O3. The predicted molar refractivity (Wildman–Crippen MR) is 119 cm³/mol. The molecule has 0 bridgehead atoms. The molecule has 12 heteroatoms. The summed E-state index contributed by atoms with van der Waals surface area (Å²) >= 11 is 0. The minimum atomic E-state index is -1.57. The van der Waals surface area contributed by atoms with E-state index in [1.165, 1.54) is 10.9 Å². The Morgan fingerprint density at radius 3 is 2.71 bits per heavy atom. The standard InChI is InChI=1S/C22H23FN8O3/c1-12-26-20(29-34-12)22(2,33)13-3-4-15-16(11-13)31(17-5-8-25-21(24)27-17)28-18(15)19(32)30-9-6-14(23)7-10-30/h3-5,8,11,14,33H,6-7,9-10H2,1-2H3,(H2,24,25,27)/t22-/m1/s1. The van der Waals surface area contributed by atoms with Crippen molar-refractivity contribution in [1.82, 2.24) is 34.8 Å². The van der Waals surface area contributed by atoms with Gasteiger partial charge in [-0.15, -0.1) is 0 Å². The zero-order valence-corrected chi connectivity index (χ0v) is 18.6. The monoisotopic (exact) mass is 466 g/mol. The molecule has 1 aliphatic rings. The van der Waals surface area contributed by atoms with Crippen LogP contribution < -0.4 is 5.73 Å². The van der Waals surface area contributed by atoms with Crippen LogP contribution in [0.3, 0.4) is 0 Å². The number of anilines is 1. The minimum absolute atomic E-state index is 0.0458. The maximum atomic E-state index is 13.6. The van der Waals surface area contributed by atoms with Gasteiger partial charge in [-0.05, 0) is 37.5 Å². The van der Waals surface area contributed by atoms with Gasteiger partial charge in [0.1, 0.15) is 11.8 Å². The maximum absolute atomic E-state index is 13.6. The Morgan fingerprint density at radius 2 is 2.03 bits per heavy atom. The zero-order chi connectivity index (χ0) is 24.0. The highest BCUT2D eigenvalue weighted by Crippen LogP contribution is 2.32. The van der Waals surface area contributed by atoms with E-state index in [2.05, 4.69) is 25.2 Å². The van der Waals surface area contributed by atoms with Crippen molar-refractivity contribution >= 4 is 22.8 Å². The second-order valence-corrected chi connectivity index (χ2v) is 8.44. The summed E-state index contributed by atoms with van der Waals surface area (Å²) in [6.07, 6.45) is 1.18. The Hall–Kier alpha value is -3.93. The van der Waals surface area contributed by atoms with Crippen molar-refractivity contribution in [3.05, 3.63) is 53.4 Å². The Bertz CT molecular complexity index is 1370. The highest BCUT2D eigenvalue weighted by molar-refractivity contribution is 6.05. The Morgan fingerprint density at radius 1 is 1.26 bits per heavy atom. The lowest BCUT2D eigenvalue weighted by Crippen LogP contribution is -2.39. The summed E-state index contributed by atoms with van der Waals surface area (Å²) in [6.45, 7) is 3.82. The molecule has 176 valence electrons. The number of fused-ring (bicyclic) bond motifs is 1. The second-order valence-electron chi connectivity index (χ2n) is 8.44. The number of aliphatic hydroxyl groups is 1. The normalized spacial score (nSPS) is 16.6. The van der Waals surface area contributed by atoms with Gasteiger partial charge in [-0.2, -0.15) is 15.1 Å². The van der Waals surface area contributed by atoms with Crippen LogP contribution in [0.25, 0.3) is 16.7 Å². The third-order valence-corrected chi connectivity index (χ3v) is 6.00. The van der Waals surface area contributed by atoms with Crippen molar-refractivity contribution in [3.63, 3.8) is 0 Å². The molecule has 0 radical (unpaired) electrons. The number of piperidine rings is 1. The van der Waals surface area contributed by atoms with Gasteiger partial charge in [0.15, 0.2) is 11.5 Å². The SMILES string of the molecule is Cc1nc([C@](C)(O)c2ccc3c(C(=O)N4CCC(F)CC4)nn(-c4ccnc(N)n4)c3c2)no1. The van der Waals surface area contributed by atoms with Gasteiger partial charge >= 0.3 is 0 Å². The zero-order valence-electron chi connectivity index (χ0n) is 18.6. The average Bonchev–Trinajstić information content (AvgIpc) is 3.43. The first kappa shape index (κ1) is 21.9. The molecule has 0 unspecified atom stereocenters. The number of carbonyl (C=O) groups excluding carboxylic acids is 1. The van der Waals surface area contributed by atoms with Crippen LogP contribution in [-0.2, 0) is 5.60 Å². The lowest BCUT2D eigenvalue weighted by atomic mass is 9.94. The number of benzene rings is 1. The molecule has 1 aliphatic heterocycles. The van der Waals surface area contributed by atoms with Gasteiger partial charge in [-0.3, -0.25) is 4.79 Å². The molecule has 1 atom stereocenters. The number of rotatable bonds is 4. The number of hydrogen-bond donors (Lipinski definition) is 2. The molecule has 11 nitrogen and oxygen atoms in total. The molecule has 5 rings (SSSR count).